The molecule has 0 aliphatic carbocycles. The Morgan fingerprint density at radius 2 is 2.15 bits per heavy atom. The predicted octanol–water partition coefficient (Wildman–Crippen LogP) is 4.80. The minimum atomic E-state index is 0.0351. The van der Waals surface area contributed by atoms with Crippen molar-refractivity contribution in [3.63, 3.8) is 0 Å². The van der Waals surface area contributed by atoms with Crippen LogP contribution in [0.15, 0.2) is 35.5 Å². The van der Waals surface area contributed by atoms with Gasteiger partial charge in [0.05, 0.1) is 34.3 Å². The molecule has 0 atom stereocenters. The van der Waals surface area contributed by atoms with Gasteiger partial charge in [0.15, 0.2) is 5.16 Å². The smallest absolute Gasteiger partial charge is 0.233 e. The third kappa shape index (κ3) is 5.18. The summed E-state index contributed by atoms with van der Waals surface area (Å²) in [5, 5.41) is 1.42. The van der Waals surface area contributed by atoms with Gasteiger partial charge in [-0.05, 0) is 30.3 Å². The van der Waals surface area contributed by atoms with E-state index in [0.29, 0.717) is 30.5 Å². The first kappa shape index (κ1) is 20.5. The summed E-state index contributed by atoms with van der Waals surface area (Å²) in [6, 6.07) is 9.40. The van der Waals surface area contributed by atoms with Crippen LogP contribution >= 0.6 is 46.3 Å². The molecule has 0 unspecified atom stereocenters. The first-order valence-corrected chi connectivity index (χ1v) is 10.8. The fourth-order valence-corrected chi connectivity index (χ4v) is 4.87. The van der Waals surface area contributed by atoms with E-state index < -0.39 is 0 Å². The number of methoxy groups -OCH3 is 1. The summed E-state index contributed by atoms with van der Waals surface area (Å²) in [6.45, 7) is 1.77. The van der Waals surface area contributed by atoms with E-state index in [-0.39, 0.29) is 5.91 Å². The average Bonchev–Trinajstić information content (AvgIpc) is 3.20. The standard InChI is InChI=1S/C18H19Cl2N3O2S2/c1-22(10-13-4-6-16(20)27-13)17(24)11-26-18-21-14-9-12(19)3-5-15(14)23(18)7-8-25-2/h3-6,9H,7-8,10-11H2,1-2H3. The molecule has 5 nitrogen and oxygen atoms in total. The first-order valence-electron chi connectivity index (χ1n) is 8.23. The molecule has 9 heteroatoms. The summed E-state index contributed by atoms with van der Waals surface area (Å²) < 4.78 is 8.00. The van der Waals surface area contributed by atoms with Gasteiger partial charge < -0.3 is 14.2 Å². The Balaban J connectivity index is 1.70. The number of fused-ring (bicyclic) bond motifs is 1. The molecular weight excluding hydrogens is 425 g/mol. The Labute approximate surface area is 176 Å². The molecule has 0 saturated heterocycles. The van der Waals surface area contributed by atoms with Crippen molar-refractivity contribution in [2.45, 2.75) is 18.2 Å². The van der Waals surface area contributed by atoms with Crippen LogP contribution in [0.1, 0.15) is 4.88 Å². The van der Waals surface area contributed by atoms with E-state index in [1.807, 2.05) is 30.3 Å². The predicted molar refractivity (Wildman–Crippen MR) is 113 cm³/mol. The molecule has 2 aromatic heterocycles. The molecule has 0 bridgehead atoms. The van der Waals surface area contributed by atoms with Gasteiger partial charge in [0.25, 0.3) is 0 Å². The van der Waals surface area contributed by atoms with Crippen LogP contribution in [0.25, 0.3) is 11.0 Å². The van der Waals surface area contributed by atoms with Crippen LogP contribution in [-0.2, 0) is 22.6 Å². The Bertz CT molecular complexity index is 942. The quantitative estimate of drug-likeness (QED) is 0.469. The van der Waals surface area contributed by atoms with Crippen LogP contribution in [0.4, 0.5) is 0 Å². The number of nitrogens with zero attached hydrogens (tertiary/aromatic N) is 3. The van der Waals surface area contributed by atoms with E-state index in [1.54, 1.807) is 19.1 Å². The van der Waals surface area contributed by atoms with Crippen LogP contribution in [0.2, 0.25) is 9.36 Å². The highest BCUT2D eigenvalue weighted by molar-refractivity contribution is 7.99. The second-order valence-electron chi connectivity index (χ2n) is 5.92. The zero-order chi connectivity index (χ0) is 19.4. The summed E-state index contributed by atoms with van der Waals surface area (Å²) in [5.74, 6) is 0.340. The Hall–Kier alpha value is -1.25. The van der Waals surface area contributed by atoms with Crippen molar-refractivity contribution < 1.29 is 9.53 Å². The van der Waals surface area contributed by atoms with Crippen LogP contribution < -0.4 is 0 Å². The number of carbonyl (C=O) groups is 1. The fraction of sp³-hybridized carbons (Fsp3) is 0.333. The van der Waals surface area contributed by atoms with E-state index in [4.69, 9.17) is 27.9 Å². The van der Waals surface area contributed by atoms with Gasteiger partial charge in [-0.1, -0.05) is 35.0 Å². The highest BCUT2D eigenvalue weighted by Crippen LogP contribution is 2.27. The van der Waals surface area contributed by atoms with Crippen molar-refractivity contribution in [2.24, 2.45) is 0 Å². The van der Waals surface area contributed by atoms with Crippen LogP contribution in [0.3, 0.4) is 0 Å². The molecule has 2 heterocycles. The second kappa shape index (κ2) is 9.30. The van der Waals surface area contributed by atoms with Gasteiger partial charge >= 0.3 is 0 Å². The Kier molecular flexibility index (Phi) is 7.05. The van der Waals surface area contributed by atoms with E-state index in [2.05, 4.69) is 9.55 Å². The number of halogens is 2. The van der Waals surface area contributed by atoms with Crippen molar-refractivity contribution >= 4 is 63.2 Å². The molecular formula is C18H19Cl2N3O2S2. The minimum Gasteiger partial charge on any atom is -0.383 e. The summed E-state index contributed by atoms with van der Waals surface area (Å²) in [7, 11) is 3.46. The van der Waals surface area contributed by atoms with Gasteiger partial charge in [0.2, 0.25) is 5.91 Å². The molecule has 1 amide bonds. The zero-order valence-electron chi connectivity index (χ0n) is 14.9. The van der Waals surface area contributed by atoms with Gasteiger partial charge in [0, 0.05) is 30.6 Å². The first-order chi connectivity index (χ1) is 13.0. The monoisotopic (exact) mass is 443 g/mol. The van der Waals surface area contributed by atoms with Crippen molar-refractivity contribution in [3.8, 4) is 0 Å². The molecule has 27 heavy (non-hydrogen) atoms. The lowest BCUT2D eigenvalue weighted by atomic mass is 10.3. The van der Waals surface area contributed by atoms with Gasteiger partial charge in [-0.25, -0.2) is 4.98 Å². The summed E-state index contributed by atoms with van der Waals surface area (Å²) in [5.41, 5.74) is 1.79. The number of imidazole rings is 1. The van der Waals surface area contributed by atoms with Gasteiger partial charge in [-0.2, -0.15) is 0 Å². The number of aromatic nitrogens is 2. The van der Waals surface area contributed by atoms with Crippen LogP contribution in [0, 0.1) is 0 Å². The lowest BCUT2D eigenvalue weighted by Gasteiger charge is -2.16. The van der Waals surface area contributed by atoms with Crippen molar-refractivity contribution in [1.82, 2.24) is 14.5 Å². The molecule has 0 saturated carbocycles. The molecule has 0 spiro atoms. The number of rotatable bonds is 8. The number of thiophene rings is 1. The number of hydrogen-bond acceptors (Lipinski definition) is 5. The molecule has 3 rings (SSSR count). The Morgan fingerprint density at radius 3 is 2.85 bits per heavy atom. The summed E-state index contributed by atoms with van der Waals surface area (Å²) in [6.07, 6.45) is 0. The number of carbonyl (C=O) groups excluding carboxylic acids is 1. The lowest BCUT2D eigenvalue weighted by molar-refractivity contribution is -0.127. The van der Waals surface area contributed by atoms with Gasteiger partial charge in [-0.3, -0.25) is 4.79 Å². The fourth-order valence-electron chi connectivity index (χ4n) is 2.58. The normalized spacial score (nSPS) is 11.3. The van der Waals surface area contributed by atoms with Gasteiger partial charge in [-0.15, -0.1) is 11.3 Å². The molecule has 3 aromatic rings. The number of thioether (sulfide) groups is 1. The third-order valence-electron chi connectivity index (χ3n) is 3.97. The minimum absolute atomic E-state index is 0.0351. The van der Waals surface area contributed by atoms with E-state index in [0.717, 1.165) is 25.4 Å². The van der Waals surface area contributed by atoms with Crippen molar-refractivity contribution in [3.05, 3.63) is 44.6 Å². The van der Waals surface area contributed by atoms with Crippen LogP contribution in [0.5, 0.6) is 0 Å². The third-order valence-corrected chi connectivity index (χ3v) is 6.38. The van der Waals surface area contributed by atoms with E-state index in [9.17, 15) is 4.79 Å². The largest absolute Gasteiger partial charge is 0.383 e. The molecule has 0 aliphatic heterocycles. The van der Waals surface area contributed by atoms with E-state index >= 15 is 0 Å². The number of hydrogen-bond donors (Lipinski definition) is 0. The van der Waals surface area contributed by atoms with E-state index in [1.165, 1.54) is 23.1 Å². The summed E-state index contributed by atoms with van der Waals surface area (Å²) in [4.78, 5) is 19.9. The summed E-state index contributed by atoms with van der Waals surface area (Å²) >= 11 is 14.9. The molecule has 0 N–H and O–H groups in total. The van der Waals surface area contributed by atoms with Gasteiger partial charge in [0.1, 0.15) is 0 Å². The highest BCUT2D eigenvalue weighted by atomic mass is 35.5. The Morgan fingerprint density at radius 1 is 1.33 bits per heavy atom. The molecule has 144 valence electrons. The maximum atomic E-state index is 12.5. The zero-order valence-corrected chi connectivity index (χ0v) is 18.1. The average molecular weight is 444 g/mol. The lowest BCUT2D eigenvalue weighted by Crippen LogP contribution is -2.27. The topological polar surface area (TPSA) is 47.4 Å². The maximum absolute atomic E-state index is 12.5. The highest BCUT2D eigenvalue weighted by Gasteiger charge is 2.16. The molecule has 0 radical (unpaired) electrons. The molecule has 0 fully saturated rings. The maximum Gasteiger partial charge on any atom is 0.233 e. The number of ether oxygens (including phenoxy) is 1. The van der Waals surface area contributed by atoms with Crippen molar-refractivity contribution in [2.75, 3.05) is 26.5 Å². The second-order valence-corrected chi connectivity index (χ2v) is 9.09. The SMILES string of the molecule is COCCn1c(SCC(=O)N(C)Cc2ccc(Cl)s2)nc2cc(Cl)ccc21. The van der Waals surface area contributed by atoms with Crippen LogP contribution in [-0.4, -0.2) is 46.9 Å². The number of benzene rings is 1. The van der Waals surface area contributed by atoms with Crippen molar-refractivity contribution in [1.29, 1.82) is 0 Å². The molecule has 1 aromatic carbocycles. The number of amides is 1. The molecule has 0 aliphatic rings.